The van der Waals surface area contributed by atoms with Gasteiger partial charge in [-0.1, -0.05) is 27.7 Å². The second-order valence-electron chi connectivity index (χ2n) is 4.90. The minimum Gasteiger partial charge on any atom is -0.351 e. The van der Waals surface area contributed by atoms with Crippen LogP contribution in [0.3, 0.4) is 0 Å². The van der Waals surface area contributed by atoms with E-state index in [-0.39, 0.29) is 0 Å². The van der Waals surface area contributed by atoms with E-state index in [0.717, 1.165) is 25.2 Å². The molecule has 1 aromatic rings. The van der Waals surface area contributed by atoms with Gasteiger partial charge in [-0.15, -0.1) is 5.10 Å². The molecule has 0 atom stereocenters. The van der Waals surface area contributed by atoms with Gasteiger partial charge in [-0.2, -0.15) is 10.4 Å². The molecule has 0 bridgehead atoms. The number of hydrogen-bond donors (Lipinski definition) is 0. The largest absolute Gasteiger partial charge is 0.351 e. The molecule has 0 spiro atoms. The van der Waals surface area contributed by atoms with E-state index in [4.69, 9.17) is 0 Å². The Hall–Kier alpha value is -1.63. The van der Waals surface area contributed by atoms with E-state index in [2.05, 4.69) is 48.9 Å². The molecular weight excluding hydrogens is 224 g/mol. The first-order chi connectivity index (χ1) is 8.63. The Kier molecular flexibility index (Phi) is 5.57. The minimum absolute atomic E-state index is 0.413. The molecule has 1 rings (SSSR count). The van der Waals surface area contributed by atoms with Crippen LogP contribution in [0.4, 0.5) is 5.82 Å². The molecule has 1 aromatic heterocycles. The topological polar surface area (TPSA) is 52.8 Å². The summed E-state index contributed by atoms with van der Waals surface area (Å²) in [5.41, 5.74) is 0.609. The SMILES string of the molecule is CCC(CC)N(CC(C)C)c1nnccc1C#N. The first-order valence-corrected chi connectivity index (χ1v) is 6.62. The van der Waals surface area contributed by atoms with Crippen LogP contribution in [0.2, 0.25) is 0 Å². The van der Waals surface area contributed by atoms with Crippen molar-refractivity contribution < 1.29 is 0 Å². The minimum atomic E-state index is 0.413. The molecule has 0 saturated carbocycles. The van der Waals surface area contributed by atoms with Gasteiger partial charge in [-0.05, 0) is 24.8 Å². The van der Waals surface area contributed by atoms with Crippen molar-refractivity contribution in [1.29, 1.82) is 5.26 Å². The van der Waals surface area contributed by atoms with Crippen molar-refractivity contribution in [3.05, 3.63) is 17.8 Å². The molecule has 0 unspecified atom stereocenters. The van der Waals surface area contributed by atoms with Gasteiger partial charge in [-0.25, -0.2) is 0 Å². The summed E-state index contributed by atoms with van der Waals surface area (Å²) in [6.07, 6.45) is 3.66. The van der Waals surface area contributed by atoms with Crippen molar-refractivity contribution >= 4 is 5.82 Å². The maximum Gasteiger partial charge on any atom is 0.169 e. The van der Waals surface area contributed by atoms with E-state index in [9.17, 15) is 5.26 Å². The highest BCUT2D eigenvalue weighted by atomic mass is 15.3. The van der Waals surface area contributed by atoms with Crippen LogP contribution in [0.25, 0.3) is 0 Å². The molecule has 0 aliphatic rings. The number of rotatable bonds is 6. The zero-order valence-corrected chi connectivity index (χ0v) is 11.7. The second-order valence-corrected chi connectivity index (χ2v) is 4.90. The van der Waals surface area contributed by atoms with E-state index in [0.29, 0.717) is 17.5 Å². The standard InChI is InChI=1S/C14H22N4/c1-5-13(6-2)18(10-11(3)4)14-12(9-15)7-8-16-17-14/h7-8,11,13H,5-6,10H2,1-4H3. The quantitative estimate of drug-likeness (QED) is 0.774. The molecule has 0 N–H and O–H groups in total. The van der Waals surface area contributed by atoms with E-state index >= 15 is 0 Å². The van der Waals surface area contributed by atoms with Crippen molar-refractivity contribution in [2.24, 2.45) is 5.92 Å². The van der Waals surface area contributed by atoms with Gasteiger partial charge in [-0.3, -0.25) is 0 Å². The van der Waals surface area contributed by atoms with Crippen LogP contribution in [-0.2, 0) is 0 Å². The highest BCUT2D eigenvalue weighted by Gasteiger charge is 2.21. The van der Waals surface area contributed by atoms with Gasteiger partial charge in [0.25, 0.3) is 0 Å². The molecule has 0 aliphatic carbocycles. The normalized spacial score (nSPS) is 10.7. The van der Waals surface area contributed by atoms with Gasteiger partial charge in [0.1, 0.15) is 6.07 Å². The lowest BCUT2D eigenvalue weighted by Gasteiger charge is -2.33. The van der Waals surface area contributed by atoms with Gasteiger partial charge in [0, 0.05) is 12.6 Å². The number of aromatic nitrogens is 2. The summed E-state index contributed by atoms with van der Waals surface area (Å²) in [5.74, 6) is 1.25. The fourth-order valence-corrected chi connectivity index (χ4v) is 2.16. The molecule has 0 aliphatic heterocycles. The Labute approximate surface area is 110 Å². The van der Waals surface area contributed by atoms with Crippen molar-refractivity contribution in [1.82, 2.24) is 10.2 Å². The predicted octanol–water partition coefficient (Wildman–Crippen LogP) is 3.00. The Morgan fingerprint density at radius 1 is 1.33 bits per heavy atom. The average molecular weight is 246 g/mol. The molecule has 4 nitrogen and oxygen atoms in total. The molecule has 98 valence electrons. The first kappa shape index (κ1) is 14.4. The maximum absolute atomic E-state index is 9.18. The van der Waals surface area contributed by atoms with Gasteiger partial charge in [0.2, 0.25) is 0 Å². The van der Waals surface area contributed by atoms with Crippen molar-refractivity contribution in [3.8, 4) is 6.07 Å². The Bertz CT molecular complexity index is 405. The molecule has 0 amide bonds. The molecule has 0 aromatic carbocycles. The summed E-state index contributed by atoms with van der Waals surface area (Å²) >= 11 is 0. The molecule has 18 heavy (non-hydrogen) atoms. The van der Waals surface area contributed by atoms with Crippen LogP contribution in [0.15, 0.2) is 12.3 Å². The maximum atomic E-state index is 9.18. The first-order valence-electron chi connectivity index (χ1n) is 6.62. The third-order valence-corrected chi connectivity index (χ3v) is 3.04. The number of nitrogens with zero attached hydrogens (tertiary/aromatic N) is 4. The molecule has 0 saturated heterocycles. The van der Waals surface area contributed by atoms with Crippen molar-refractivity contribution in [3.63, 3.8) is 0 Å². The summed E-state index contributed by atoms with van der Waals surface area (Å²) in [4.78, 5) is 2.23. The number of nitriles is 1. The summed E-state index contributed by atoms with van der Waals surface area (Å²) in [5, 5.41) is 17.3. The third-order valence-electron chi connectivity index (χ3n) is 3.04. The van der Waals surface area contributed by atoms with E-state index in [1.807, 2.05) is 0 Å². The van der Waals surface area contributed by atoms with Gasteiger partial charge in [0.15, 0.2) is 5.82 Å². The van der Waals surface area contributed by atoms with Crippen molar-refractivity contribution in [2.45, 2.75) is 46.6 Å². The highest BCUT2D eigenvalue weighted by molar-refractivity contribution is 5.53. The van der Waals surface area contributed by atoms with Gasteiger partial charge in [0.05, 0.1) is 11.8 Å². The highest BCUT2D eigenvalue weighted by Crippen LogP contribution is 2.22. The second kappa shape index (κ2) is 6.95. The zero-order valence-electron chi connectivity index (χ0n) is 11.7. The summed E-state index contributed by atoms with van der Waals surface area (Å²) in [7, 11) is 0. The van der Waals surface area contributed by atoms with Crippen LogP contribution < -0.4 is 4.90 Å². The van der Waals surface area contributed by atoms with Crippen LogP contribution >= 0.6 is 0 Å². The lowest BCUT2D eigenvalue weighted by Crippen LogP contribution is -2.38. The lowest BCUT2D eigenvalue weighted by atomic mass is 10.1. The smallest absolute Gasteiger partial charge is 0.169 e. The summed E-state index contributed by atoms with van der Waals surface area (Å²) < 4.78 is 0. The monoisotopic (exact) mass is 246 g/mol. The van der Waals surface area contributed by atoms with Crippen LogP contribution in [0, 0.1) is 17.2 Å². The lowest BCUT2D eigenvalue weighted by molar-refractivity contribution is 0.501. The molecule has 0 fully saturated rings. The average Bonchev–Trinajstić information content (AvgIpc) is 2.38. The molecule has 4 heteroatoms. The van der Waals surface area contributed by atoms with Crippen LogP contribution in [0.5, 0.6) is 0 Å². The molecule has 1 heterocycles. The van der Waals surface area contributed by atoms with Crippen LogP contribution in [0.1, 0.15) is 46.1 Å². The number of anilines is 1. The molecule has 0 radical (unpaired) electrons. The summed E-state index contributed by atoms with van der Waals surface area (Å²) in [6, 6.07) is 4.36. The third kappa shape index (κ3) is 3.43. The van der Waals surface area contributed by atoms with Gasteiger partial charge < -0.3 is 4.90 Å². The van der Waals surface area contributed by atoms with E-state index in [1.54, 1.807) is 12.3 Å². The van der Waals surface area contributed by atoms with E-state index in [1.165, 1.54) is 0 Å². The van der Waals surface area contributed by atoms with Crippen LogP contribution in [-0.4, -0.2) is 22.8 Å². The van der Waals surface area contributed by atoms with Crippen molar-refractivity contribution in [2.75, 3.05) is 11.4 Å². The Balaban J connectivity index is 3.12. The predicted molar refractivity (Wildman–Crippen MR) is 73.3 cm³/mol. The Morgan fingerprint density at radius 3 is 2.50 bits per heavy atom. The molecular formula is C14H22N4. The van der Waals surface area contributed by atoms with E-state index < -0.39 is 0 Å². The van der Waals surface area contributed by atoms with Gasteiger partial charge >= 0.3 is 0 Å². The Morgan fingerprint density at radius 2 is 2.00 bits per heavy atom. The summed E-state index contributed by atoms with van der Waals surface area (Å²) in [6.45, 7) is 9.60. The number of hydrogen-bond acceptors (Lipinski definition) is 4. The zero-order chi connectivity index (χ0) is 13.5. The fourth-order valence-electron chi connectivity index (χ4n) is 2.16. The fraction of sp³-hybridized carbons (Fsp3) is 0.643.